The van der Waals surface area contributed by atoms with Crippen LogP contribution >= 0.6 is 0 Å². The highest BCUT2D eigenvalue weighted by molar-refractivity contribution is 5.80. The van der Waals surface area contributed by atoms with Crippen LogP contribution in [0.4, 0.5) is 5.82 Å². The van der Waals surface area contributed by atoms with Gasteiger partial charge in [0.05, 0.1) is 0 Å². The van der Waals surface area contributed by atoms with Crippen molar-refractivity contribution < 1.29 is 4.79 Å². The summed E-state index contributed by atoms with van der Waals surface area (Å²) in [5.41, 5.74) is 2.52. The molecule has 1 aliphatic carbocycles. The maximum Gasteiger partial charge on any atom is 0.293 e. The molecule has 5 rings (SSSR count). The fourth-order valence-corrected chi connectivity index (χ4v) is 5.51. The molecule has 2 aliphatic rings. The first-order valence-corrected chi connectivity index (χ1v) is 12.5. The molecule has 1 atom stereocenters. The van der Waals surface area contributed by atoms with Gasteiger partial charge in [0.15, 0.2) is 5.82 Å². The Balaban J connectivity index is 1.20. The van der Waals surface area contributed by atoms with E-state index in [0.29, 0.717) is 30.1 Å². The van der Waals surface area contributed by atoms with Gasteiger partial charge >= 0.3 is 0 Å². The number of H-pyrrole nitrogens is 1. The molecule has 180 valence electrons. The first-order valence-electron chi connectivity index (χ1n) is 12.5. The van der Waals surface area contributed by atoms with Crippen LogP contribution in [0, 0.1) is 6.92 Å². The van der Waals surface area contributed by atoms with Gasteiger partial charge in [0.25, 0.3) is 5.56 Å². The normalized spacial score (nSPS) is 19.1. The third-order valence-electron chi connectivity index (χ3n) is 7.38. The Morgan fingerprint density at radius 2 is 2.03 bits per heavy atom. The van der Waals surface area contributed by atoms with Crippen LogP contribution in [0.3, 0.4) is 0 Å². The van der Waals surface area contributed by atoms with Crippen molar-refractivity contribution in [3.05, 3.63) is 58.3 Å². The highest BCUT2D eigenvalue weighted by atomic mass is 16.2. The fraction of sp³-hybridized carbons (Fsp3) is 0.500. The standard InChI is InChI=1S/C26H34N6O2/c1-18-14-29-25(30-16-22-7-4-12-31(22)21-5-2-3-6-21)26(34)32(18)17-24(33)28-15-19-8-9-23-20(13-19)10-11-27-23/h8-11,13-14,21-22,27H,2-7,12,15-17H2,1H3,(H,28,33)(H,29,30)/t22-/m1/s1. The molecule has 0 spiro atoms. The van der Waals surface area contributed by atoms with Gasteiger partial charge in [-0.1, -0.05) is 18.9 Å². The van der Waals surface area contributed by atoms with Gasteiger partial charge in [-0.2, -0.15) is 0 Å². The van der Waals surface area contributed by atoms with Gasteiger partial charge in [0, 0.05) is 48.8 Å². The summed E-state index contributed by atoms with van der Waals surface area (Å²) in [6.07, 6.45) is 11.2. The second-order valence-electron chi connectivity index (χ2n) is 9.67. The molecule has 8 nitrogen and oxygen atoms in total. The molecule has 0 bridgehead atoms. The van der Waals surface area contributed by atoms with Crippen LogP contribution in [0.5, 0.6) is 0 Å². The first kappa shape index (κ1) is 22.7. The lowest BCUT2D eigenvalue weighted by Gasteiger charge is -2.30. The summed E-state index contributed by atoms with van der Waals surface area (Å²) in [6.45, 7) is 4.08. The zero-order valence-corrected chi connectivity index (χ0v) is 19.8. The van der Waals surface area contributed by atoms with Gasteiger partial charge in [0.2, 0.25) is 5.91 Å². The maximum atomic E-state index is 13.1. The lowest BCUT2D eigenvalue weighted by molar-refractivity contribution is -0.121. The van der Waals surface area contributed by atoms with Gasteiger partial charge in [0.1, 0.15) is 6.54 Å². The fourth-order valence-electron chi connectivity index (χ4n) is 5.51. The SMILES string of the molecule is Cc1cnc(NC[C@H]2CCCN2C2CCCC2)c(=O)n1CC(=O)NCc1ccc2[nH]ccc2c1. The Morgan fingerprint density at radius 3 is 2.88 bits per heavy atom. The molecule has 2 aromatic heterocycles. The topological polar surface area (TPSA) is 95.1 Å². The summed E-state index contributed by atoms with van der Waals surface area (Å²) in [4.78, 5) is 35.9. The molecule has 1 saturated heterocycles. The number of nitrogens with one attached hydrogen (secondary N) is 3. The van der Waals surface area contributed by atoms with Gasteiger partial charge < -0.3 is 15.6 Å². The molecule has 1 amide bonds. The van der Waals surface area contributed by atoms with E-state index in [4.69, 9.17) is 0 Å². The number of benzene rings is 1. The van der Waals surface area contributed by atoms with Crippen LogP contribution in [-0.4, -0.2) is 50.5 Å². The molecule has 34 heavy (non-hydrogen) atoms. The van der Waals surface area contributed by atoms with Crippen molar-refractivity contribution in [2.75, 3.05) is 18.4 Å². The maximum absolute atomic E-state index is 13.1. The highest BCUT2D eigenvalue weighted by Gasteiger charge is 2.32. The number of amides is 1. The van der Waals surface area contributed by atoms with Gasteiger partial charge in [-0.15, -0.1) is 0 Å². The van der Waals surface area contributed by atoms with Crippen LogP contribution in [0.2, 0.25) is 0 Å². The molecule has 1 saturated carbocycles. The quantitative estimate of drug-likeness (QED) is 0.478. The number of aromatic amines is 1. The zero-order chi connectivity index (χ0) is 23.5. The van der Waals surface area contributed by atoms with Gasteiger partial charge in [-0.3, -0.25) is 19.1 Å². The minimum atomic E-state index is -0.241. The zero-order valence-electron chi connectivity index (χ0n) is 19.8. The lowest BCUT2D eigenvalue weighted by atomic mass is 10.1. The summed E-state index contributed by atoms with van der Waals surface area (Å²) in [5.74, 6) is 0.134. The van der Waals surface area contributed by atoms with Crippen LogP contribution in [0.25, 0.3) is 10.9 Å². The molecule has 3 aromatic rings. The smallest absolute Gasteiger partial charge is 0.293 e. The third-order valence-corrected chi connectivity index (χ3v) is 7.38. The number of nitrogens with zero attached hydrogens (tertiary/aromatic N) is 3. The summed E-state index contributed by atoms with van der Waals surface area (Å²) in [6, 6.07) is 9.19. The van der Waals surface area contributed by atoms with Crippen LogP contribution < -0.4 is 16.2 Å². The molecule has 3 N–H and O–H groups in total. The minimum absolute atomic E-state index is 0.0219. The molecule has 8 heteroatoms. The predicted octanol–water partition coefficient (Wildman–Crippen LogP) is 3.17. The van der Waals surface area contributed by atoms with E-state index in [1.807, 2.05) is 31.3 Å². The molecule has 2 fully saturated rings. The summed E-state index contributed by atoms with van der Waals surface area (Å²) >= 11 is 0. The van der Waals surface area contributed by atoms with Crippen LogP contribution in [0.15, 0.2) is 41.5 Å². The van der Waals surface area contributed by atoms with Crippen molar-refractivity contribution in [2.45, 2.75) is 70.6 Å². The second-order valence-corrected chi connectivity index (χ2v) is 9.67. The Labute approximate surface area is 199 Å². The number of likely N-dealkylation sites (tertiary alicyclic amines) is 1. The molecule has 3 heterocycles. The van der Waals surface area contributed by atoms with Crippen molar-refractivity contribution in [3.8, 4) is 0 Å². The molecule has 0 unspecified atom stereocenters. The molecule has 1 aromatic carbocycles. The predicted molar refractivity (Wildman–Crippen MR) is 134 cm³/mol. The van der Waals surface area contributed by atoms with Gasteiger partial charge in [-0.25, -0.2) is 4.98 Å². The van der Waals surface area contributed by atoms with E-state index in [-0.39, 0.29) is 18.0 Å². The Bertz CT molecular complexity index is 1210. The molecular formula is C26H34N6O2. The monoisotopic (exact) mass is 462 g/mol. The average molecular weight is 463 g/mol. The number of aromatic nitrogens is 3. The van der Waals surface area contributed by atoms with E-state index in [0.717, 1.165) is 36.0 Å². The summed E-state index contributed by atoms with van der Waals surface area (Å²) in [5, 5.41) is 7.35. The molecule has 1 aliphatic heterocycles. The minimum Gasteiger partial charge on any atom is -0.364 e. The Morgan fingerprint density at radius 1 is 1.18 bits per heavy atom. The Hall–Kier alpha value is -3.13. The average Bonchev–Trinajstić information content (AvgIpc) is 3.60. The van der Waals surface area contributed by atoms with Crippen molar-refractivity contribution in [2.24, 2.45) is 0 Å². The van der Waals surface area contributed by atoms with E-state index >= 15 is 0 Å². The highest BCUT2D eigenvalue weighted by Crippen LogP contribution is 2.30. The van der Waals surface area contributed by atoms with E-state index in [1.165, 1.54) is 36.7 Å². The van der Waals surface area contributed by atoms with Crippen molar-refractivity contribution in [1.82, 2.24) is 24.8 Å². The number of anilines is 1. The van der Waals surface area contributed by atoms with E-state index in [2.05, 4.69) is 31.6 Å². The number of fused-ring (bicyclic) bond motifs is 1. The van der Waals surface area contributed by atoms with E-state index in [9.17, 15) is 9.59 Å². The van der Waals surface area contributed by atoms with Crippen LogP contribution in [0.1, 0.15) is 49.8 Å². The molecule has 0 radical (unpaired) electrons. The largest absolute Gasteiger partial charge is 0.364 e. The van der Waals surface area contributed by atoms with Crippen LogP contribution in [-0.2, 0) is 17.9 Å². The number of rotatable bonds is 8. The number of hydrogen-bond donors (Lipinski definition) is 3. The van der Waals surface area contributed by atoms with Crippen molar-refractivity contribution >= 4 is 22.6 Å². The number of carbonyl (C=O) groups is 1. The lowest BCUT2D eigenvalue weighted by Crippen LogP contribution is -2.42. The molecular weight excluding hydrogens is 428 g/mol. The van der Waals surface area contributed by atoms with E-state index in [1.54, 1.807) is 6.20 Å². The Kier molecular flexibility index (Phi) is 6.67. The summed E-state index contributed by atoms with van der Waals surface area (Å²) < 4.78 is 1.50. The third kappa shape index (κ3) is 4.87. The van der Waals surface area contributed by atoms with E-state index < -0.39 is 0 Å². The number of carbonyl (C=O) groups excluding carboxylic acids is 1. The first-order chi connectivity index (χ1) is 16.6. The number of aryl methyl sites for hydroxylation is 1. The number of hydrogen-bond acceptors (Lipinski definition) is 5. The van der Waals surface area contributed by atoms with Gasteiger partial charge in [-0.05, 0) is 68.3 Å². The summed E-state index contributed by atoms with van der Waals surface area (Å²) in [7, 11) is 0. The second kappa shape index (κ2) is 10.0. The van der Waals surface area contributed by atoms with Crippen molar-refractivity contribution in [3.63, 3.8) is 0 Å². The van der Waals surface area contributed by atoms with Crippen molar-refractivity contribution in [1.29, 1.82) is 0 Å².